The quantitative estimate of drug-likeness (QED) is 0.904. The topological polar surface area (TPSA) is 39.2 Å². The number of rotatable bonds is 3. The van der Waals surface area contributed by atoms with Gasteiger partial charge in [-0.15, -0.1) is 0 Å². The van der Waals surface area contributed by atoms with Crippen molar-refractivity contribution in [3.8, 4) is 0 Å². The Labute approximate surface area is 117 Å². The van der Waals surface area contributed by atoms with Gasteiger partial charge in [-0.1, -0.05) is 29.3 Å². The lowest BCUT2D eigenvalue weighted by atomic mass is 10.00. The first kappa shape index (κ1) is 13.5. The molecule has 1 unspecified atom stereocenters. The zero-order valence-electron chi connectivity index (χ0n) is 10.3. The highest BCUT2D eigenvalue weighted by Crippen LogP contribution is 2.26. The summed E-state index contributed by atoms with van der Waals surface area (Å²) in [7, 11) is 0. The van der Waals surface area contributed by atoms with Crippen molar-refractivity contribution in [2.75, 3.05) is 0 Å². The predicted octanol–water partition coefficient (Wildman–Crippen LogP) is 4.45. The van der Waals surface area contributed by atoms with Gasteiger partial charge in [0.05, 0.1) is 10.0 Å². The first-order chi connectivity index (χ1) is 8.47. The lowest BCUT2D eigenvalue weighted by Gasteiger charge is -2.11. The molecule has 2 N–H and O–H groups in total. The van der Waals surface area contributed by atoms with Crippen molar-refractivity contribution in [1.82, 2.24) is 0 Å². The average Bonchev–Trinajstić information content (AvgIpc) is 2.63. The third-order valence-corrected chi connectivity index (χ3v) is 3.66. The van der Waals surface area contributed by atoms with E-state index in [9.17, 15) is 0 Å². The Morgan fingerprint density at radius 1 is 1.17 bits per heavy atom. The van der Waals surface area contributed by atoms with E-state index in [1.807, 2.05) is 32.0 Å². The standard InChI is InChI=1S/C14H15Cl2NO/c1-8-5-11(9(2)18-8)14(17)7-10-3-4-12(15)13(16)6-10/h3-6,14H,7,17H2,1-2H3. The number of hydrogen-bond donors (Lipinski definition) is 1. The van der Waals surface area contributed by atoms with Crippen LogP contribution in [0.25, 0.3) is 0 Å². The number of furan rings is 1. The average molecular weight is 284 g/mol. The molecule has 1 aromatic heterocycles. The van der Waals surface area contributed by atoms with Crippen molar-refractivity contribution in [3.63, 3.8) is 0 Å². The second kappa shape index (κ2) is 5.35. The largest absolute Gasteiger partial charge is 0.466 e. The summed E-state index contributed by atoms with van der Waals surface area (Å²) >= 11 is 11.9. The van der Waals surface area contributed by atoms with Crippen LogP contribution in [0, 0.1) is 13.8 Å². The van der Waals surface area contributed by atoms with Crippen molar-refractivity contribution in [2.45, 2.75) is 26.3 Å². The SMILES string of the molecule is Cc1cc(C(N)Cc2ccc(Cl)c(Cl)c2)c(C)o1. The lowest BCUT2D eigenvalue weighted by Crippen LogP contribution is -2.13. The summed E-state index contributed by atoms with van der Waals surface area (Å²) in [6.07, 6.45) is 0.705. The molecule has 0 radical (unpaired) electrons. The highest BCUT2D eigenvalue weighted by molar-refractivity contribution is 6.42. The van der Waals surface area contributed by atoms with Gasteiger partial charge in [-0.2, -0.15) is 0 Å². The molecule has 0 amide bonds. The lowest BCUT2D eigenvalue weighted by molar-refractivity contribution is 0.497. The molecule has 2 nitrogen and oxygen atoms in total. The molecule has 0 saturated carbocycles. The number of halogens is 2. The monoisotopic (exact) mass is 283 g/mol. The molecule has 96 valence electrons. The molecule has 0 aliphatic carbocycles. The third-order valence-electron chi connectivity index (χ3n) is 2.92. The normalized spacial score (nSPS) is 12.7. The Balaban J connectivity index is 2.18. The molecule has 1 heterocycles. The summed E-state index contributed by atoms with van der Waals surface area (Å²) < 4.78 is 5.49. The summed E-state index contributed by atoms with van der Waals surface area (Å²) in [6, 6.07) is 7.47. The van der Waals surface area contributed by atoms with Crippen molar-refractivity contribution in [1.29, 1.82) is 0 Å². The minimum atomic E-state index is -0.0975. The van der Waals surface area contributed by atoms with E-state index in [2.05, 4.69) is 0 Å². The van der Waals surface area contributed by atoms with Crippen LogP contribution < -0.4 is 5.73 Å². The second-order valence-electron chi connectivity index (χ2n) is 4.43. The molecular weight excluding hydrogens is 269 g/mol. The van der Waals surface area contributed by atoms with Gasteiger partial charge in [-0.3, -0.25) is 0 Å². The van der Waals surface area contributed by atoms with E-state index in [0.29, 0.717) is 16.5 Å². The Bertz CT molecular complexity index is 563. The van der Waals surface area contributed by atoms with E-state index < -0.39 is 0 Å². The zero-order valence-corrected chi connectivity index (χ0v) is 11.8. The molecule has 18 heavy (non-hydrogen) atoms. The van der Waals surface area contributed by atoms with Crippen LogP contribution >= 0.6 is 23.2 Å². The Morgan fingerprint density at radius 2 is 1.89 bits per heavy atom. The van der Waals surface area contributed by atoms with Gasteiger partial charge in [0.1, 0.15) is 11.5 Å². The van der Waals surface area contributed by atoms with E-state index in [1.54, 1.807) is 6.07 Å². The maximum absolute atomic E-state index is 6.19. The van der Waals surface area contributed by atoms with Gasteiger partial charge >= 0.3 is 0 Å². The summed E-state index contributed by atoms with van der Waals surface area (Å²) in [5.74, 6) is 1.76. The summed E-state index contributed by atoms with van der Waals surface area (Å²) in [5.41, 5.74) is 8.30. The van der Waals surface area contributed by atoms with Crippen LogP contribution in [0.2, 0.25) is 10.0 Å². The predicted molar refractivity (Wildman–Crippen MR) is 75.3 cm³/mol. The van der Waals surface area contributed by atoms with Gasteiger partial charge in [-0.05, 0) is 44.0 Å². The van der Waals surface area contributed by atoms with Gasteiger partial charge in [-0.25, -0.2) is 0 Å². The van der Waals surface area contributed by atoms with E-state index in [4.69, 9.17) is 33.4 Å². The number of aryl methyl sites for hydroxylation is 2. The first-order valence-electron chi connectivity index (χ1n) is 5.74. The highest BCUT2D eigenvalue weighted by Gasteiger charge is 2.14. The Morgan fingerprint density at radius 3 is 2.44 bits per heavy atom. The van der Waals surface area contributed by atoms with Crippen LogP contribution in [-0.2, 0) is 6.42 Å². The Kier molecular flexibility index (Phi) is 4.00. The molecule has 1 aromatic carbocycles. The van der Waals surface area contributed by atoms with Crippen molar-refractivity contribution in [2.24, 2.45) is 5.73 Å². The molecule has 0 bridgehead atoms. The van der Waals surface area contributed by atoms with Crippen molar-refractivity contribution in [3.05, 3.63) is 57.0 Å². The molecule has 2 rings (SSSR count). The van der Waals surface area contributed by atoms with E-state index in [-0.39, 0.29) is 6.04 Å². The fourth-order valence-electron chi connectivity index (χ4n) is 2.05. The molecule has 0 aliphatic heterocycles. The van der Waals surface area contributed by atoms with E-state index >= 15 is 0 Å². The number of hydrogen-bond acceptors (Lipinski definition) is 2. The van der Waals surface area contributed by atoms with Gasteiger partial charge < -0.3 is 10.2 Å². The fraction of sp³-hybridized carbons (Fsp3) is 0.286. The summed E-state index contributed by atoms with van der Waals surface area (Å²) in [4.78, 5) is 0. The van der Waals surface area contributed by atoms with Crippen LogP contribution in [0.5, 0.6) is 0 Å². The van der Waals surface area contributed by atoms with Crippen molar-refractivity contribution < 1.29 is 4.42 Å². The van der Waals surface area contributed by atoms with E-state index in [0.717, 1.165) is 22.6 Å². The van der Waals surface area contributed by atoms with Crippen LogP contribution in [0.3, 0.4) is 0 Å². The molecule has 1 atom stereocenters. The maximum Gasteiger partial charge on any atom is 0.105 e. The third kappa shape index (κ3) is 2.89. The molecule has 0 fully saturated rings. The van der Waals surface area contributed by atoms with Crippen LogP contribution in [0.15, 0.2) is 28.7 Å². The second-order valence-corrected chi connectivity index (χ2v) is 5.24. The smallest absolute Gasteiger partial charge is 0.105 e. The van der Waals surface area contributed by atoms with Gasteiger partial charge in [0, 0.05) is 11.6 Å². The molecule has 0 aliphatic rings. The first-order valence-corrected chi connectivity index (χ1v) is 6.49. The molecule has 0 spiro atoms. The van der Waals surface area contributed by atoms with Crippen LogP contribution in [-0.4, -0.2) is 0 Å². The maximum atomic E-state index is 6.19. The van der Waals surface area contributed by atoms with Crippen LogP contribution in [0.1, 0.15) is 28.7 Å². The summed E-state index contributed by atoms with van der Waals surface area (Å²) in [6.45, 7) is 3.85. The van der Waals surface area contributed by atoms with Crippen molar-refractivity contribution >= 4 is 23.2 Å². The highest BCUT2D eigenvalue weighted by atomic mass is 35.5. The molecule has 4 heteroatoms. The summed E-state index contributed by atoms with van der Waals surface area (Å²) in [5, 5.41) is 1.12. The minimum absolute atomic E-state index is 0.0975. The van der Waals surface area contributed by atoms with Gasteiger partial charge in [0.15, 0.2) is 0 Å². The van der Waals surface area contributed by atoms with Gasteiger partial charge in [0.25, 0.3) is 0 Å². The molecular formula is C14H15Cl2NO. The number of nitrogens with two attached hydrogens (primary N) is 1. The Hall–Kier alpha value is -0.960. The fourth-order valence-corrected chi connectivity index (χ4v) is 2.37. The molecule has 2 aromatic rings. The molecule has 0 saturated heterocycles. The van der Waals surface area contributed by atoms with Gasteiger partial charge in [0.2, 0.25) is 0 Å². The number of benzene rings is 1. The minimum Gasteiger partial charge on any atom is -0.466 e. The van der Waals surface area contributed by atoms with Crippen LogP contribution in [0.4, 0.5) is 0 Å². The van der Waals surface area contributed by atoms with E-state index in [1.165, 1.54) is 0 Å². The zero-order chi connectivity index (χ0) is 13.3.